The van der Waals surface area contributed by atoms with Crippen molar-refractivity contribution in [2.45, 2.75) is 25.4 Å². The van der Waals surface area contributed by atoms with Crippen LogP contribution in [0.5, 0.6) is 0 Å². The Balaban J connectivity index is 0.000000189. The van der Waals surface area contributed by atoms with Gasteiger partial charge in [-0.25, -0.2) is 0 Å². The Morgan fingerprint density at radius 3 is 2.12 bits per heavy atom. The fourth-order valence-corrected chi connectivity index (χ4v) is 3.89. The Morgan fingerprint density at radius 1 is 0.970 bits per heavy atom. The van der Waals surface area contributed by atoms with Crippen LogP contribution >= 0.6 is 0 Å². The number of hydrogen-bond donors (Lipinski definition) is 1. The van der Waals surface area contributed by atoms with Crippen LogP contribution in [-0.4, -0.2) is 46.9 Å². The number of nitrogens with two attached hydrogens (primary N) is 1. The predicted molar refractivity (Wildman–Crippen MR) is 130 cm³/mol. The minimum atomic E-state index is -0.271. The van der Waals surface area contributed by atoms with E-state index in [0.717, 1.165) is 25.1 Å². The lowest BCUT2D eigenvalue weighted by Crippen LogP contribution is -2.48. The number of pyridine rings is 1. The number of piperazine rings is 1. The van der Waals surface area contributed by atoms with Crippen LogP contribution in [0.1, 0.15) is 35.7 Å². The maximum absolute atomic E-state index is 11.2. The third kappa shape index (κ3) is 7.25. The van der Waals surface area contributed by atoms with Crippen molar-refractivity contribution < 1.29 is 4.79 Å². The van der Waals surface area contributed by atoms with E-state index in [4.69, 9.17) is 5.73 Å². The van der Waals surface area contributed by atoms with Gasteiger partial charge in [-0.1, -0.05) is 66.7 Å². The second-order valence-electron chi connectivity index (χ2n) is 8.07. The zero-order valence-corrected chi connectivity index (χ0v) is 19.0. The van der Waals surface area contributed by atoms with Gasteiger partial charge in [-0.15, -0.1) is 0 Å². The quantitative estimate of drug-likeness (QED) is 0.652. The van der Waals surface area contributed by atoms with Crippen LogP contribution in [0.2, 0.25) is 0 Å². The second kappa shape index (κ2) is 12.5. The van der Waals surface area contributed by atoms with Gasteiger partial charge in [0.2, 0.25) is 5.91 Å². The molecule has 1 aromatic heterocycles. The van der Waals surface area contributed by atoms with Crippen molar-refractivity contribution in [3.05, 3.63) is 102 Å². The Morgan fingerprint density at radius 2 is 1.58 bits per heavy atom. The Hall–Kier alpha value is -3.53. The molecule has 4 rings (SSSR count). The topological polar surface area (TPSA) is 86.2 Å². The monoisotopic (exact) mass is 441 g/mol. The van der Waals surface area contributed by atoms with Gasteiger partial charge in [0.25, 0.3) is 0 Å². The van der Waals surface area contributed by atoms with Crippen molar-refractivity contribution in [3.8, 4) is 6.07 Å². The van der Waals surface area contributed by atoms with Gasteiger partial charge < -0.3 is 10.6 Å². The van der Waals surface area contributed by atoms with E-state index in [1.54, 1.807) is 19.3 Å². The molecule has 1 fully saturated rings. The molecule has 2 N–H and O–H groups in total. The number of carbonyl (C=O) groups excluding carboxylic acids is 1. The van der Waals surface area contributed by atoms with Gasteiger partial charge in [0.15, 0.2) is 0 Å². The molecule has 0 radical (unpaired) electrons. The molecule has 170 valence electrons. The SMILES string of the molecule is CC(=O)N1CCN(C(C#N)c2cccnc2)CC1.NC(Cc1ccccc1)c1ccccc1. The van der Waals surface area contributed by atoms with Gasteiger partial charge in [0.1, 0.15) is 6.04 Å². The van der Waals surface area contributed by atoms with Crippen LogP contribution in [0.3, 0.4) is 0 Å². The third-order valence-electron chi connectivity index (χ3n) is 5.77. The van der Waals surface area contributed by atoms with E-state index in [-0.39, 0.29) is 18.0 Å². The number of aromatic nitrogens is 1. The standard InChI is InChI=1S/C14H15N.C13H16N4O/c15-14(13-9-5-2-6-10-13)11-12-7-3-1-4-8-12;1-11(18)16-5-7-17(8-6-16)13(9-14)12-3-2-4-15-10-12/h1-10,14H,11,15H2;2-4,10,13H,5-8H2,1H3. The molecule has 2 atom stereocenters. The highest BCUT2D eigenvalue weighted by atomic mass is 16.2. The van der Waals surface area contributed by atoms with Crippen LogP contribution in [-0.2, 0) is 11.2 Å². The van der Waals surface area contributed by atoms with Crippen LogP contribution in [0.25, 0.3) is 0 Å². The molecular weight excluding hydrogens is 410 g/mol. The molecule has 33 heavy (non-hydrogen) atoms. The van der Waals surface area contributed by atoms with E-state index in [9.17, 15) is 10.1 Å². The van der Waals surface area contributed by atoms with Crippen LogP contribution in [0, 0.1) is 11.3 Å². The number of benzene rings is 2. The summed E-state index contributed by atoms with van der Waals surface area (Å²) in [6.07, 6.45) is 4.32. The molecule has 6 heteroatoms. The van der Waals surface area contributed by atoms with Crippen molar-refractivity contribution in [1.82, 2.24) is 14.8 Å². The van der Waals surface area contributed by atoms with Crippen molar-refractivity contribution in [3.63, 3.8) is 0 Å². The summed E-state index contributed by atoms with van der Waals surface area (Å²) in [7, 11) is 0. The summed E-state index contributed by atoms with van der Waals surface area (Å²) in [5.74, 6) is 0.101. The summed E-state index contributed by atoms with van der Waals surface area (Å²) >= 11 is 0. The molecule has 2 unspecified atom stereocenters. The number of hydrogen-bond acceptors (Lipinski definition) is 5. The molecule has 3 aromatic rings. The molecular formula is C27H31N5O. The van der Waals surface area contributed by atoms with E-state index >= 15 is 0 Å². The molecule has 0 aliphatic carbocycles. The first-order valence-electron chi connectivity index (χ1n) is 11.2. The highest BCUT2D eigenvalue weighted by molar-refractivity contribution is 5.73. The van der Waals surface area contributed by atoms with Crippen molar-refractivity contribution >= 4 is 5.91 Å². The van der Waals surface area contributed by atoms with Gasteiger partial charge in [0, 0.05) is 57.1 Å². The molecule has 6 nitrogen and oxygen atoms in total. The number of carbonyl (C=O) groups is 1. The van der Waals surface area contributed by atoms with E-state index in [0.29, 0.717) is 13.1 Å². The van der Waals surface area contributed by atoms with Crippen LogP contribution in [0.4, 0.5) is 0 Å². The number of rotatable bonds is 5. The lowest BCUT2D eigenvalue weighted by molar-refractivity contribution is -0.130. The lowest BCUT2D eigenvalue weighted by atomic mass is 10.00. The van der Waals surface area contributed by atoms with Gasteiger partial charge >= 0.3 is 0 Å². The first-order chi connectivity index (χ1) is 16.1. The summed E-state index contributed by atoms with van der Waals surface area (Å²) in [6, 6.07) is 26.5. The molecule has 1 aliphatic heterocycles. The second-order valence-corrected chi connectivity index (χ2v) is 8.07. The Bertz CT molecular complexity index is 1010. The summed E-state index contributed by atoms with van der Waals surface area (Å²) in [5, 5.41) is 9.31. The van der Waals surface area contributed by atoms with E-state index < -0.39 is 0 Å². The van der Waals surface area contributed by atoms with Gasteiger partial charge in [-0.2, -0.15) is 5.26 Å². The lowest BCUT2D eigenvalue weighted by Gasteiger charge is -2.36. The Labute approximate surface area is 196 Å². The van der Waals surface area contributed by atoms with E-state index in [2.05, 4.69) is 40.2 Å². The summed E-state index contributed by atoms with van der Waals surface area (Å²) < 4.78 is 0. The molecule has 0 bridgehead atoms. The molecule has 0 saturated carbocycles. The number of nitriles is 1. The third-order valence-corrected chi connectivity index (χ3v) is 5.77. The molecule has 2 heterocycles. The van der Waals surface area contributed by atoms with Gasteiger partial charge in [-0.05, 0) is 23.6 Å². The van der Waals surface area contributed by atoms with E-state index in [1.807, 2.05) is 53.4 Å². The average molecular weight is 442 g/mol. The largest absolute Gasteiger partial charge is 0.340 e. The highest BCUT2D eigenvalue weighted by Crippen LogP contribution is 2.20. The molecule has 1 aliphatic rings. The average Bonchev–Trinajstić information content (AvgIpc) is 2.87. The number of nitrogens with zero attached hydrogens (tertiary/aromatic N) is 4. The molecule has 1 saturated heterocycles. The fraction of sp³-hybridized carbons (Fsp3) is 0.296. The first kappa shape index (κ1) is 24.1. The van der Waals surface area contributed by atoms with Gasteiger partial charge in [0.05, 0.1) is 6.07 Å². The summed E-state index contributed by atoms with van der Waals surface area (Å²) in [5.41, 5.74) is 9.52. The zero-order chi connectivity index (χ0) is 23.5. The van der Waals surface area contributed by atoms with E-state index in [1.165, 1.54) is 11.1 Å². The fourth-order valence-electron chi connectivity index (χ4n) is 3.89. The molecule has 2 aromatic carbocycles. The minimum Gasteiger partial charge on any atom is -0.340 e. The van der Waals surface area contributed by atoms with Crippen LogP contribution < -0.4 is 5.73 Å². The first-order valence-corrected chi connectivity index (χ1v) is 11.2. The summed E-state index contributed by atoms with van der Waals surface area (Å²) in [6.45, 7) is 4.42. The minimum absolute atomic E-state index is 0.0913. The normalized spacial score (nSPS) is 15.5. The smallest absolute Gasteiger partial charge is 0.219 e. The van der Waals surface area contributed by atoms with Crippen LogP contribution in [0.15, 0.2) is 85.2 Å². The van der Waals surface area contributed by atoms with Crippen molar-refractivity contribution in [2.75, 3.05) is 26.2 Å². The summed E-state index contributed by atoms with van der Waals surface area (Å²) in [4.78, 5) is 19.2. The highest BCUT2D eigenvalue weighted by Gasteiger charge is 2.25. The number of amides is 1. The maximum Gasteiger partial charge on any atom is 0.219 e. The molecule has 0 spiro atoms. The zero-order valence-electron chi connectivity index (χ0n) is 19.0. The van der Waals surface area contributed by atoms with Gasteiger partial charge in [-0.3, -0.25) is 14.7 Å². The van der Waals surface area contributed by atoms with Crippen molar-refractivity contribution in [1.29, 1.82) is 5.26 Å². The Kier molecular flexibility index (Phi) is 9.13. The predicted octanol–water partition coefficient (Wildman–Crippen LogP) is 3.74. The molecule has 1 amide bonds. The maximum atomic E-state index is 11.2. The van der Waals surface area contributed by atoms with Crippen molar-refractivity contribution in [2.24, 2.45) is 5.73 Å².